The van der Waals surface area contributed by atoms with Crippen LogP contribution in [0.1, 0.15) is 11.4 Å². The fourth-order valence-corrected chi connectivity index (χ4v) is 3.76. The minimum Gasteiger partial charge on any atom is -0.497 e. The Hall–Kier alpha value is -3.13. The van der Waals surface area contributed by atoms with Crippen molar-refractivity contribution in [1.82, 2.24) is 24.9 Å². The number of benzene rings is 2. The predicted molar refractivity (Wildman–Crippen MR) is 109 cm³/mol. The molecule has 0 fully saturated rings. The predicted octanol–water partition coefficient (Wildman–Crippen LogP) is 3.00. The Morgan fingerprint density at radius 3 is 2.89 bits per heavy atom. The zero-order valence-electron chi connectivity index (χ0n) is 15.5. The Morgan fingerprint density at radius 2 is 2.04 bits per heavy atom. The molecule has 0 saturated heterocycles. The van der Waals surface area contributed by atoms with Crippen LogP contribution in [0, 0.1) is 6.92 Å². The summed E-state index contributed by atoms with van der Waals surface area (Å²) < 4.78 is 7.18. The number of carbonyl (C=O) groups excluding carboxylic acids is 1. The van der Waals surface area contributed by atoms with E-state index in [1.165, 1.54) is 11.8 Å². The van der Waals surface area contributed by atoms with Gasteiger partial charge in [0.05, 0.1) is 23.9 Å². The molecule has 2 aromatic carbocycles. The highest BCUT2D eigenvalue weighted by molar-refractivity contribution is 8.00. The Bertz CT molecular complexity index is 1160. The molecule has 0 bridgehead atoms. The van der Waals surface area contributed by atoms with Crippen LogP contribution < -0.4 is 10.1 Å². The number of hydrogen-bond donors (Lipinski definition) is 1. The molecule has 28 heavy (non-hydrogen) atoms. The number of fused-ring (bicyclic) bond motifs is 3. The zero-order chi connectivity index (χ0) is 19.5. The van der Waals surface area contributed by atoms with Crippen molar-refractivity contribution in [2.75, 3.05) is 12.9 Å². The van der Waals surface area contributed by atoms with Crippen molar-refractivity contribution < 1.29 is 9.53 Å². The summed E-state index contributed by atoms with van der Waals surface area (Å²) in [6.07, 6.45) is 0. The summed E-state index contributed by atoms with van der Waals surface area (Å²) in [5.74, 6) is 1.73. The van der Waals surface area contributed by atoms with Crippen molar-refractivity contribution in [2.24, 2.45) is 0 Å². The van der Waals surface area contributed by atoms with Crippen LogP contribution in [0.2, 0.25) is 0 Å². The second-order valence-corrected chi connectivity index (χ2v) is 7.19. The van der Waals surface area contributed by atoms with Crippen LogP contribution in [0.15, 0.2) is 53.6 Å². The molecule has 0 aliphatic rings. The Balaban J connectivity index is 1.48. The molecular weight excluding hydrogens is 374 g/mol. The lowest BCUT2D eigenvalue weighted by Crippen LogP contribution is -2.24. The van der Waals surface area contributed by atoms with Gasteiger partial charge in [0, 0.05) is 6.54 Å². The largest absolute Gasteiger partial charge is 0.497 e. The third-order valence-corrected chi connectivity index (χ3v) is 5.28. The normalized spacial score (nSPS) is 11.1. The van der Waals surface area contributed by atoms with Gasteiger partial charge >= 0.3 is 0 Å². The number of amides is 1. The first-order chi connectivity index (χ1) is 13.7. The number of nitrogens with zero attached hydrogens (tertiary/aromatic N) is 4. The summed E-state index contributed by atoms with van der Waals surface area (Å²) in [7, 11) is 1.62. The van der Waals surface area contributed by atoms with Crippen LogP contribution >= 0.6 is 11.8 Å². The fraction of sp³-hybridized carbons (Fsp3) is 0.200. The Labute approximate surface area is 166 Å². The number of hydrogen-bond acceptors (Lipinski definition) is 6. The lowest BCUT2D eigenvalue weighted by atomic mass is 10.2. The molecule has 1 amide bonds. The molecule has 2 heterocycles. The van der Waals surface area contributed by atoms with Crippen LogP contribution in [-0.4, -0.2) is 38.4 Å². The minimum atomic E-state index is -0.0721. The van der Waals surface area contributed by atoms with E-state index in [4.69, 9.17) is 4.74 Å². The van der Waals surface area contributed by atoms with Crippen LogP contribution in [0.3, 0.4) is 0 Å². The second kappa shape index (κ2) is 7.85. The second-order valence-electron chi connectivity index (χ2n) is 6.23. The van der Waals surface area contributed by atoms with E-state index in [2.05, 4.69) is 20.5 Å². The number of carbonyl (C=O) groups is 1. The number of ether oxygens (including phenoxy) is 1. The summed E-state index contributed by atoms with van der Waals surface area (Å²) in [6.45, 7) is 2.35. The Kier molecular flexibility index (Phi) is 5.12. The number of aromatic nitrogens is 4. The third-order valence-electron chi connectivity index (χ3n) is 4.32. The molecule has 0 atom stereocenters. The molecule has 0 aliphatic heterocycles. The topological polar surface area (TPSA) is 81.4 Å². The van der Waals surface area contributed by atoms with E-state index in [1.54, 1.807) is 7.11 Å². The standard InChI is InChI=1S/C20H19N5O2S/c1-13-23-24-19-20(22-16-8-3-4-9-17(16)25(13)19)28-12-18(26)21-11-14-6-5-7-15(10-14)27-2/h3-10H,11-12H2,1-2H3,(H,21,26). The first-order valence-corrected chi connectivity index (χ1v) is 9.77. The number of aryl methyl sites for hydroxylation is 1. The summed E-state index contributed by atoms with van der Waals surface area (Å²) >= 11 is 1.36. The average Bonchev–Trinajstić information content (AvgIpc) is 3.13. The Morgan fingerprint density at radius 1 is 1.18 bits per heavy atom. The first kappa shape index (κ1) is 18.2. The van der Waals surface area contributed by atoms with Crippen LogP contribution in [0.25, 0.3) is 16.7 Å². The van der Waals surface area contributed by atoms with E-state index >= 15 is 0 Å². The van der Waals surface area contributed by atoms with Gasteiger partial charge in [-0.1, -0.05) is 36.0 Å². The van der Waals surface area contributed by atoms with Crippen LogP contribution in [0.4, 0.5) is 0 Å². The SMILES string of the molecule is COc1cccc(CNC(=O)CSc2nc3ccccc3n3c(C)nnc23)c1. The number of methoxy groups -OCH3 is 1. The molecule has 0 unspecified atom stereocenters. The molecule has 0 aliphatic carbocycles. The highest BCUT2D eigenvalue weighted by Gasteiger charge is 2.14. The molecular formula is C20H19N5O2S. The van der Waals surface area contributed by atoms with E-state index in [9.17, 15) is 4.79 Å². The monoisotopic (exact) mass is 393 g/mol. The highest BCUT2D eigenvalue weighted by atomic mass is 32.2. The molecule has 0 radical (unpaired) electrons. The van der Waals surface area contributed by atoms with Crippen LogP contribution in [0.5, 0.6) is 5.75 Å². The van der Waals surface area contributed by atoms with Crippen molar-refractivity contribution in [3.8, 4) is 5.75 Å². The van der Waals surface area contributed by atoms with Gasteiger partial charge in [0.25, 0.3) is 0 Å². The van der Waals surface area contributed by atoms with Crippen molar-refractivity contribution in [1.29, 1.82) is 0 Å². The molecule has 0 saturated carbocycles. The van der Waals surface area contributed by atoms with Gasteiger partial charge in [-0.3, -0.25) is 9.20 Å². The molecule has 0 spiro atoms. The van der Waals surface area contributed by atoms with Gasteiger partial charge in [-0.25, -0.2) is 4.98 Å². The van der Waals surface area contributed by atoms with Crippen molar-refractivity contribution in [3.05, 3.63) is 59.9 Å². The summed E-state index contributed by atoms with van der Waals surface area (Å²) in [4.78, 5) is 17.0. The minimum absolute atomic E-state index is 0.0721. The lowest BCUT2D eigenvalue weighted by molar-refractivity contribution is -0.118. The smallest absolute Gasteiger partial charge is 0.230 e. The van der Waals surface area contributed by atoms with Gasteiger partial charge in [-0.15, -0.1) is 10.2 Å². The van der Waals surface area contributed by atoms with Gasteiger partial charge in [0.15, 0.2) is 5.65 Å². The van der Waals surface area contributed by atoms with Crippen molar-refractivity contribution >= 4 is 34.3 Å². The maximum atomic E-state index is 12.3. The molecule has 8 heteroatoms. The molecule has 7 nitrogen and oxygen atoms in total. The highest BCUT2D eigenvalue weighted by Crippen LogP contribution is 2.25. The number of nitrogens with one attached hydrogen (secondary N) is 1. The number of rotatable bonds is 6. The van der Waals surface area contributed by atoms with Crippen LogP contribution in [-0.2, 0) is 11.3 Å². The third kappa shape index (κ3) is 3.63. The first-order valence-electron chi connectivity index (χ1n) is 8.78. The molecule has 4 rings (SSSR count). The maximum Gasteiger partial charge on any atom is 0.230 e. The quantitative estimate of drug-likeness (QED) is 0.507. The molecule has 2 aromatic heterocycles. The van der Waals surface area contributed by atoms with E-state index in [-0.39, 0.29) is 11.7 Å². The number of para-hydroxylation sites is 2. The van der Waals surface area contributed by atoms with Gasteiger partial charge in [0.2, 0.25) is 5.91 Å². The van der Waals surface area contributed by atoms with E-state index < -0.39 is 0 Å². The lowest BCUT2D eigenvalue weighted by Gasteiger charge is -2.08. The van der Waals surface area contributed by atoms with Gasteiger partial charge in [0.1, 0.15) is 16.6 Å². The van der Waals surface area contributed by atoms with Crippen molar-refractivity contribution in [2.45, 2.75) is 18.5 Å². The van der Waals surface area contributed by atoms with E-state index in [0.29, 0.717) is 17.2 Å². The zero-order valence-corrected chi connectivity index (χ0v) is 16.4. The van der Waals surface area contributed by atoms with Gasteiger partial charge in [-0.05, 0) is 36.8 Å². The summed E-state index contributed by atoms with van der Waals surface area (Å²) in [5, 5.41) is 12.0. The van der Waals surface area contributed by atoms with Gasteiger partial charge in [-0.2, -0.15) is 0 Å². The van der Waals surface area contributed by atoms with E-state index in [1.807, 2.05) is 59.9 Å². The molecule has 142 valence electrons. The van der Waals surface area contributed by atoms with Crippen molar-refractivity contribution in [3.63, 3.8) is 0 Å². The molecule has 4 aromatic rings. The summed E-state index contributed by atoms with van der Waals surface area (Å²) in [6, 6.07) is 15.5. The van der Waals surface area contributed by atoms with E-state index in [0.717, 1.165) is 28.2 Å². The van der Waals surface area contributed by atoms with Gasteiger partial charge < -0.3 is 10.1 Å². The molecule has 1 N–H and O–H groups in total. The average molecular weight is 393 g/mol. The summed E-state index contributed by atoms with van der Waals surface area (Å²) in [5.41, 5.74) is 3.45. The fourth-order valence-electron chi connectivity index (χ4n) is 2.96. The maximum absolute atomic E-state index is 12.3. The number of thioether (sulfide) groups is 1.